The van der Waals surface area contributed by atoms with Crippen LogP contribution in [0.3, 0.4) is 0 Å². The highest BCUT2D eigenvalue weighted by Gasteiger charge is 2.51. The van der Waals surface area contributed by atoms with E-state index in [0.717, 1.165) is 90.4 Å². The quantitative estimate of drug-likeness (QED) is 0.0283. The van der Waals surface area contributed by atoms with Crippen molar-refractivity contribution in [3.63, 3.8) is 0 Å². The first-order valence-electron chi connectivity index (χ1n) is 21.2. The minimum Gasteiger partial charge on any atom is -0.466 e. The molecule has 0 aliphatic rings. The molecule has 0 heterocycles. The maximum absolute atomic E-state index is 12.6. The minimum absolute atomic E-state index is 0.0580. The highest BCUT2D eigenvalue weighted by molar-refractivity contribution is 5.69. The van der Waals surface area contributed by atoms with Gasteiger partial charge in [0, 0.05) is 12.8 Å². The monoisotopic (exact) mass is 892 g/mol. The molecule has 0 aromatic carbocycles. The number of hydrogen-bond acceptors (Lipinski definition) is 6. The van der Waals surface area contributed by atoms with Crippen LogP contribution in [0.4, 0.5) is 52.7 Å². The zero-order valence-corrected chi connectivity index (χ0v) is 35.8. The molecule has 0 spiro atoms. The summed E-state index contributed by atoms with van der Waals surface area (Å²) in [6, 6.07) is 0. The van der Waals surface area contributed by atoms with Crippen LogP contribution in [-0.4, -0.2) is 99.9 Å². The van der Waals surface area contributed by atoms with Crippen molar-refractivity contribution < 1.29 is 71.7 Å². The Bertz CT molecular complexity index is 1100. The summed E-state index contributed by atoms with van der Waals surface area (Å²) in [5.41, 5.74) is -5.01. The van der Waals surface area contributed by atoms with Crippen LogP contribution in [0.1, 0.15) is 142 Å². The molecule has 0 aliphatic carbocycles. The molecule has 0 radical (unpaired) electrons. The minimum atomic E-state index is -5.47. The van der Waals surface area contributed by atoms with Gasteiger partial charge in [0.15, 0.2) is 0 Å². The molecule has 0 rings (SSSR count). The molecule has 0 N–H and O–H groups in total. The van der Waals surface area contributed by atoms with Gasteiger partial charge in [-0.05, 0) is 129 Å². The van der Waals surface area contributed by atoms with Gasteiger partial charge in [0.25, 0.3) is 0 Å². The lowest BCUT2D eigenvalue weighted by Crippen LogP contribution is -2.28. The maximum atomic E-state index is 12.6. The molecule has 60 heavy (non-hydrogen) atoms. The maximum Gasteiger partial charge on any atom is 0.420 e. The Kier molecular flexibility index (Phi) is 29.3. The first kappa shape index (κ1) is 57.5. The first-order chi connectivity index (χ1) is 27.8. The Morgan fingerprint density at radius 3 is 1.10 bits per heavy atom. The van der Waals surface area contributed by atoms with Crippen LogP contribution in [0.5, 0.6) is 0 Å². The number of alkyl halides is 12. The molecule has 0 bridgehead atoms. The zero-order chi connectivity index (χ0) is 45.8. The van der Waals surface area contributed by atoms with Crippen LogP contribution >= 0.6 is 0 Å². The molecule has 0 saturated carbocycles. The molecule has 2 atom stereocenters. The molecule has 0 aliphatic heterocycles. The number of nitrogens with zero attached hydrogens (tertiary/aromatic N) is 2. The van der Waals surface area contributed by atoms with E-state index in [9.17, 15) is 62.3 Å². The normalized spacial score (nSPS) is 13.7. The van der Waals surface area contributed by atoms with E-state index >= 15 is 0 Å². The number of halogens is 12. The van der Waals surface area contributed by atoms with Crippen molar-refractivity contribution >= 4 is 11.9 Å². The molecule has 0 saturated heterocycles. The Morgan fingerprint density at radius 2 is 0.767 bits per heavy atom. The second-order valence-corrected chi connectivity index (χ2v) is 16.0. The lowest BCUT2D eigenvalue weighted by molar-refractivity contribution is -0.173. The van der Waals surface area contributed by atoms with Crippen molar-refractivity contribution in [1.82, 2.24) is 9.80 Å². The van der Waals surface area contributed by atoms with Crippen molar-refractivity contribution in [1.29, 1.82) is 0 Å². The van der Waals surface area contributed by atoms with E-state index in [2.05, 4.69) is 9.80 Å². The molecule has 6 nitrogen and oxygen atoms in total. The summed E-state index contributed by atoms with van der Waals surface area (Å²) in [7, 11) is 4.09. The molecular formula is C42H68F12N2O4. The van der Waals surface area contributed by atoms with Gasteiger partial charge in [0.2, 0.25) is 0 Å². The fourth-order valence-electron chi connectivity index (χ4n) is 6.36. The van der Waals surface area contributed by atoms with Gasteiger partial charge in [-0.15, -0.1) is 0 Å². The molecule has 0 fully saturated rings. The zero-order valence-electron chi connectivity index (χ0n) is 35.8. The molecule has 354 valence electrons. The largest absolute Gasteiger partial charge is 0.466 e. The lowest BCUT2D eigenvalue weighted by atomic mass is 10.0. The Hall–Kier alpha value is -2.50. The third-order valence-electron chi connectivity index (χ3n) is 10.0. The van der Waals surface area contributed by atoms with Crippen molar-refractivity contribution in [3.8, 4) is 0 Å². The summed E-state index contributed by atoms with van der Waals surface area (Å²) < 4.78 is 162. The number of rotatable bonds is 33. The smallest absolute Gasteiger partial charge is 0.420 e. The van der Waals surface area contributed by atoms with E-state index < -0.39 is 35.9 Å². The summed E-state index contributed by atoms with van der Waals surface area (Å²) in [6.07, 6.45) is -9.72. The van der Waals surface area contributed by atoms with Crippen LogP contribution in [0.15, 0.2) is 23.3 Å². The number of hydrogen-bond donors (Lipinski definition) is 0. The molecule has 2 unspecified atom stereocenters. The second kappa shape index (κ2) is 30.5. The van der Waals surface area contributed by atoms with Crippen LogP contribution in [0.25, 0.3) is 0 Å². The van der Waals surface area contributed by atoms with Gasteiger partial charge in [-0.2, -0.15) is 52.7 Å². The van der Waals surface area contributed by atoms with Crippen LogP contribution in [0, 0.1) is 11.8 Å². The summed E-state index contributed by atoms with van der Waals surface area (Å²) in [5.74, 6) is -1.19. The van der Waals surface area contributed by atoms with Crippen LogP contribution < -0.4 is 0 Å². The third kappa shape index (κ3) is 31.4. The number of ether oxygens (including phenoxy) is 2. The Labute approximate surface area is 348 Å². The average Bonchev–Trinajstić information content (AvgIpc) is 3.10. The highest BCUT2D eigenvalue weighted by atomic mass is 19.4. The third-order valence-corrected chi connectivity index (χ3v) is 10.0. The predicted molar refractivity (Wildman–Crippen MR) is 208 cm³/mol. The van der Waals surface area contributed by atoms with E-state index in [0.29, 0.717) is 25.7 Å². The standard InChI is InChI=1S/C42H68F12N2O4/c1-33(19-17-21-35(39(43,44)45)40(46,47)48)25-31-59-37(57)23-11-7-5-9-13-28-56(30-16-15-27-55(3)4)29-14-10-6-8-12-24-38(58)60-32-26-34(2)20-18-22-36(41(49,50)51)42(52,53)54/h21-22,33-34H,5-20,23-32H2,1-4H3. The van der Waals surface area contributed by atoms with Gasteiger partial charge in [0.05, 0.1) is 13.2 Å². The summed E-state index contributed by atoms with van der Waals surface area (Å²) >= 11 is 0. The van der Waals surface area contributed by atoms with E-state index in [1.165, 1.54) is 0 Å². The second-order valence-electron chi connectivity index (χ2n) is 16.0. The fourth-order valence-corrected chi connectivity index (χ4v) is 6.36. The van der Waals surface area contributed by atoms with E-state index in [1.54, 1.807) is 13.8 Å². The van der Waals surface area contributed by atoms with Crippen LogP contribution in [-0.2, 0) is 19.1 Å². The van der Waals surface area contributed by atoms with Crippen LogP contribution in [0.2, 0.25) is 0 Å². The van der Waals surface area contributed by atoms with Gasteiger partial charge >= 0.3 is 36.6 Å². The predicted octanol–water partition coefficient (Wildman–Crippen LogP) is 13.1. The SMILES string of the molecule is CC(CCC=C(C(F)(F)F)C(F)(F)F)CCOC(=O)CCCCCCCN(CCCCCCCC(=O)OCCC(C)CCC=C(C(F)(F)F)C(F)(F)F)CCCCN(C)C. The number of carbonyl (C=O) groups excluding carboxylic acids is 2. The molecule has 0 aromatic heterocycles. The van der Waals surface area contributed by atoms with Gasteiger partial charge in [0.1, 0.15) is 11.1 Å². The molecule has 0 aromatic rings. The fraction of sp³-hybridized carbons (Fsp3) is 0.857. The van der Waals surface area contributed by atoms with Gasteiger partial charge in [-0.25, -0.2) is 0 Å². The highest BCUT2D eigenvalue weighted by Crippen LogP contribution is 2.40. The van der Waals surface area contributed by atoms with E-state index in [1.807, 2.05) is 14.1 Å². The van der Waals surface area contributed by atoms with Gasteiger partial charge in [-0.3, -0.25) is 9.59 Å². The topological polar surface area (TPSA) is 59.1 Å². The molecule has 0 amide bonds. The van der Waals surface area contributed by atoms with Gasteiger partial charge in [-0.1, -0.05) is 64.5 Å². The number of allylic oxidation sites excluding steroid dienone is 4. The average molecular weight is 893 g/mol. The number of esters is 2. The van der Waals surface area contributed by atoms with E-state index in [-0.39, 0.29) is 87.7 Å². The van der Waals surface area contributed by atoms with Crippen molar-refractivity contribution in [2.75, 3.05) is 53.5 Å². The first-order valence-corrected chi connectivity index (χ1v) is 21.2. The van der Waals surface area contributed by atoms with Crippen molar-refractivity contribution in [2.45, 2.75) is 167 Å². The number of carbonyl (C=O) groups is 2. The summed E-state index contributed by atoms with van der Waals surface area (Å²) in [5, 5.41) is 0. The Morgan fingerprint density at radius 1 is 0.467 bits per heavy atom. The summed E-state index contributed by atoms with van der Waals surface area (Å²) in [6.45, 7) is 7.43. The summed E-state index contributed by atoms with van der Waals surface area (Å²) in [4.78, 5) is 28.8. The van der Waals surface area contributed by atoms with Crippen molar-refractivity contribution in [2.24, 2.45) is 11.8 Å². The molecular weight excluding hydrogens is 824 g/mol. The number of unbranched alkanes of at least 4 members (excludes halogenated alkanes) is 9. The molecule has 18 heteroatoms. The van der Waals surface area contributed by atoms with E-state index in [4.69, 9.17) is 9.47 Å². The van der Waals surface area contributed by atoms with Crippen molar-refractivity contribution in [3.05, 3.63) is 23.3 Å². The van der Waals surface area contributed by atoms with Gasteiger partial charge < -0.3 is 19.3 Å². The lowest BCUT2D eigenvalue weighted by Gasteiger charge is -2.23. The Balaban J connectivity index is 4.25.